The Balaban J connectivity index is 3.33. The zero-order chi connectivity index (χ0) is 14.8. The maximum atomic E-state index is 11.9. The summed E-state index contributed by atoms with van der Waals surface area (Å²) in [5, 5.41) is 0. The molecule has 108 valence electrons. The van der Waals surface area contributed by atoms with E-state index in [0.29, 0.717) is 0 Å². The lowest BCUT2D eigenvalue weighted by Crippen LogP contribution is -2.47. The van der Waals surface area contributed by atoms with E-state index < -0.39 is 20.6 Å². The molecule has 0 aliphatic heterocycles. The van der Waals surface area contributed by atoms with Crippen LogP contribution in [0.4, 0.5) is 0 Å². The fourth-order valence-electron chi connectivity index (χ4n) is 1.98. The van der Waals surface area contributed by atoms with Crippen molar-refractivity contribution in [2.45, 2.75) is 31.6 Å². The van der Waals surface area contributed by atoms with Gasteiger partial charge in [-0.2, -0.15) is 0 Å². The molecule has 1 aromatic carbocycles. The van der Waals surface area contributed by atoms with Crippen LogP contribution in [0.3, 0.4) is 0 Å². The minimum atomic E-state index is -3.27. The molecular weight excluding hydrogens is 264 g/mol. The van der Waals surface area contributed by atoms with E-state index in [1.807, 2.05) is 19.1 Å². The van der Waals surface area contributed by atoms with Gasteiger partial charge in [-0.25, -0.2) is 8.42 Å². The number of hydrogen-bond donors (Lipinski definition) is 2. The molecule has 0 aromatic heterocycles. The molecule has 0 amide bonds. The molecule has 0 aliphatic carbocycles. The Hall–Kier alpha value is -1.11. The highest BCUT2D eigenvalue weighted by molar-refractivity contribution is 7.92. The van der Waals surface area contributed by atoms with Crippen LogP contribution in [0.1, 0.15) is 31.0 Å². The average Bonchev–Trinajstić information content (AvgIpc) is 2.30. The second-order valence-corrected chi connectivity index (χ2v) is 7.79. The van der Waals surface area contributed by atoms with Crippen molar-refractivity contribution in [1.82, 2.24) is 5.43 Å². The van der Waals surface area contributed by atoms with Crippen LogP contribution >= 0.6 is 0 Å². The molecule has 0 fully saturated rings. The molecule has 6 heteroatoms. The number of rotatable bonds is 5. The number of hydrazine groups is 1. The van der Waals surface area contributed by atoms with Crippen LogP contribution in [-0.4, -0.2) is 26.5 Å². The Bertz CT molecular complexity index is 553. The second kappa shape index (κ2) is 5.48. The molecule has 0 aliphatic rings. The maximum Gasteiger partial charge on any atom is 0.154 e. The summed E-state index contributed by atoms with van der Waals surface area (Å²) in [7, 11) is -1.68. The quantitative estimate of drug-likeness (QED) is 0.630. The lowest BCUT2D eigenvalue weighted by atomic mass is 9.92. The van der Waals surface area contributed by atoms with E-state index in [9.17, 15) is 8.42 Å². The van der Waals surface area contributed by atoms with Gasteiger partial charge in [0.1, 0.15) is 5.75 Å². The molecule has 3 N–H and O–H groups in total. The number of benzene rings is 1. The van der Waals surface area contributed by atoms with E-state index in [-0.39, 0.29) is 0 Å². The first-order valence-electron chi connectivity index (χ1n) is 5.95. The van der Waals surface area contributed by atoms with Gasteiger partial charge in [-0.15, -0.1) is 0 Å². The van der Waals surface area contributed by atoms with Crippen molar-refractivity contribution in [3.05, 3.63) is 29.3 Å². The molecule has 0 saturated heterocycles. The average molecular weight is 286 g/mol. The van der Waals surface area contributed by atoms with Crippen molar-refractivity contribution in [2.24, 2.45) is 5.84 Å². The summed E-state index contributed by atoms with van der Waals surface area (Å²) in [5.74, 6) is 6.31. The van der Waals surface area contributed by atoms with Crippen molar-refractivity contribution in [3.63, 3.8) is 0 Å². The number of aryl methyl sites for hydroxylation is 1. The van der Waals surface area contributed by atoms with Crippen molar-refractivity contribution in [2.75, 3.05) is 13.4 Å². The third-order valence-corrected chi connectivity index (χ3v) is 5.75. The number of ether oxygens (including phenoxy) is 1. The molecule has 0 bridgehead atoms. The van der Waals surface area contributed by atoms with E-state index in [1.165, 1.54) is 6.26 Å². The highest BCUT2D eigenvalue weighted by atomic mass is 32.2. The summed E-state index contributed by atoms with van der Waals surface area (Å²) in [5.41, 5.74) is 4.40. The second-order valence-electron chi connectivity index (χ2n) is 5.20. The molecule has 0 spiro atoms. The molecule has 1 atom stereocenters. The van der Waals surface area contributed by atoms with Gasteiger partial charge in [-0.3, -0.25) is 11.3 Å². The third-order valence-electron chi connectivity index (χ3n) is 3.61. The summed E-state index contributed by atoms with van der Waals surface area (Å²) in [6, 6.07) is 5.00. The maximum absolute atomic E-state index is 11.9. The van der Waals surface area contributed by atoms with Crippen LogP contribution in [0.15, 0.2) is 18.2 Å². The lowest BCUT2D eigenvalue weighted by molar-refractivity contribution is 0.410. The first-order valence-corrected chi connectivity index (χ1v) is 7.84. The molecule has 1 aromatic rings. The molecular formula is C13H22N2O3S. The number of methoxy groups -OCH3 is 1. The fourth-order valence-corrected chi connectivity index (χ4v) is 2.60. The number of nitrogens with one attached hydrogen (secondary N) is 1. The molecule has 0 heterocycles. The summed E-state index contributed by atoms with van der Waals surface area (Å²) in [4.78, 5) is 0. The molecule has 0 saturated carbocycles. The number of nitrogens with two attached hydrogens (primary N) is 1. The molecule has 1 unspecified atom stereocenters. The smallest absolute Gasteiger partial charge is 0.154 e. The largest absolute Gasteiger partial charge is 0.497 e. The molecule has 0 radical (unpaired) electrons. The number of sulfone groups is 1. The predicted octanol–water partition coefficient (Wildman–Crippen LogP) is 1.33. The van der Waals surface area contributed by atoms with E-state index in [4.69, 9.17) is 10.6 Å². The van der Waals surface area contributed by atoms with Gasteiger partial charge in [0.25, 0.3) is 0 Å². The van der Waals surface area contributed by atoms with Crippen LogP contribution < -0.4 is 16.0 Å². The summed E-state index contributed by atoms with van der Waals surface area (Å²) < 4.78 is 28.0. The number of hydrogen-bond acceptors (Lipinski definition) is 5. The topological polar surface area (TPSA) is 81.4 Å². The van der Waals surface area contributed by atoms with E-state index in [0.717, 1.165) is 16.9 Å². The van der Waals surface area contributed by atoms with Gasteiger partial charge >= 0.3 is 0 Å². The summed E-state index contributed by atoms with van der Waals surface area (Å²) in [6.07, 6.45) is 1.22. The Morgan fingerprint density at radius 3 is 2.32 bits per heavy atom. The summed E-state index contributed by atoms with van der Waals surface area (Å²) in [6.45, 7) is 5.23. The SMILES string of the molecule is COc1ccc(C(NN)C(C)(C)S(C)(=O)=O)c(C)c1. The van der Waals surface area contributed by atoms with Crippen molar-refractivity contribution in [1.29, 1.82) is 0 Å². The zero-order valence-electron chi connectivity index (χ0n) is 12.0. The third kappa shape index (κ3) is 3.08. The minimum Gasteiger partial charge on any atom is -0.497 e. The zero-order valence-corrected chi connectivity index (χ0v) is 12.8. The van der Waals surface area contributed by atoms with Gasteiger partial charge in [0, 0.05) is 6.26 Å². The van der Waals surface area contributed by atoms with E-state index in [1.54, 1.807) is 27.0 Å². The van der Waals surface area contributed by atoms with Crippen LogP contribution in [-0.2, 0) is 9.84 Å². The molecule has 1 rings (SSSR count). The highest BCUT2D eigenvalue weighted by Gasteiger charge is 2.40. The predicted molar refractivity (Wildman–Crippen MR) is 76.7 cm³/mol. The van der Waals surface area contributed by atoms with Gasteiger partial charge in [0.05, 0.1) is 17.9 Å². The first-order chi connectivity index (χ1) is 8.65. The highest BCUT2D eigenvalue weighted by Crippen LogP contribution is 2.34. The Labute approximate surface area is 115 Å². The molecule has 19 heavy (non-hydrogen) atoms. The normalized spacial score (nSPS) is 14.2. The van der Waals surface area contributed by atoms with E-state index >= 15 is 0 Å². The van der Waals surface area contributed by atoms with Crippen molar-refractivity contribution < 1.29 is 13.2 Å². The van der Waals surface area contributed by atoms with Gasteiger partial charge in [0.15, 0.2) is 9.84 Å². The van der Waals surface area contributed by atoms with Crippen LogP contribution in [0.5, 0.6) is 5.75 Å². The fraction of sp³-hybridized carbons (Fsp3) is 0.538. The van der Waals surface area contributed by atoms with Gasteiger partial charge < -0.3 is 4.74 Å². The van der Waals surface area contributed by atoms with Crippen molar-refractivity contribution in [3.8, 4) is 5.75 Å². The van der Waals surface area contributed by atoms with Crippen LogP contribution in [0.25, 0.3) is 0 Å². The molecule has 5 nitrogen and oxygen atoms in total. The Morgan fingerprint density at radius 2 is 1.95 bits per heavy atom. The Kier molecular flexibility index (Phi) is 4.60. The summed E-state index contributed by atoms with van der Waals surface area (Å²) >= 11 is 0. The van der Waals surface area contributed by atoms with Gasteiger partial charge in [-0.1, -0.05) is 6.07 Å². The van der Waals surface area contributed by atoms with Gasteiger partial charge in [-0.05, 0) is 44.0 Å². The van der Waals surface area contributed by atoms with Gasteiger partial charge in [0.2, 0.25) is 0 Å². The van der Waals surface area contributed by atoms with Crippen LogP contribution in [0, 0.1) is 6.92 Å². The minimum absolute atomic E-state index is 0.492. The lowest BCUT2D eigenvalue weighted by Gasteiger charge is -2.33. The van der Waals surface area contributed by atoms with Crippen LogP contribution in [0.2, 0.25) is 0 Å². The monoisotopic (exact) mass is 286 g/mol. The van der Waals surface area contributed by atoms with E-state index in [2.05, 4.69) is 5.43 Å². The van der Waals surface area contributed by atoms with Crippen molar-refractivity contribution >= 4 is 9.84 Å². The Morgan fingerprint density at radius 1 is 1.37 bits per heavy atom. The standard InChI is InChI=1S/C13H22N2O3S/c1-9-8-10(18-4)6-7-11(9)12(15-14)13(2,3)19(5,16)17/h6-8,12,15H,14H2,1-5H3. The first kappa shape index (κ1) is 15.9.